The Morgan fingerprint density at radius 2 is 2.12 bits per heavy atom. The van der Waals surface area contributed by atoms with Crippen LogP contribution in [-0.4, -0.2) is 20.8 Å². The number of sulfonamides is 1. The molecule has 0 heterocycles. The molecule has 1 aromatic rings. The average Bonchev–Trinajstić information content (AvgIpc) is 2.91. The van der Waals surface area contributed by atoms with Gasteiger partial charge < -0.3 is 10.5 Å². The molecule has 88 valence electrons. The van der Waals surface area contributed by atoms with Gasteiger partial charge in [0, 0.05) is 11.8 Å². The molecule has 0 spiro atoms. The van der Waals surface area contributed by atoms with Crippen molar-refractivity contribution in [3.05, 3.63) is 18.2 Å². The second kappa shape index (κ2) is 3.86. The van der Waals surface area contributed by atoms with Crippen LogP contribution in [0.15, 0.2) is 18.2 Å². The monoisotopic (exact) mass is 242 g/mol. The van der Waals surface area contributed by atoms with E-state index in [0.29, 0.717) is 17.1 Å². The fraction of sp³-hybridized carbons (Fsp3) is 0.400. The number of anilines is 2. The van der Waals surface area contributed by atoms with Crippen LogP contribution in [0.5, 0.6) is 5.75 Å². The van der Waals surface area contributed by atoms with Gasteiger partial charge in [-0.05, 0) is 25.0 Å². The van der Waals surface area contributed by atoms with Gasteiger partial charge in [-0.15, -0.1) is 0 Å². The van der Waals surface area contributed by atoms with Crippen LogP contribution in [-0.2, 0) is 10.0 Å². The quantitative estimate of drug-likeness (QED) is 0.777. The number of rotatable bonds is 4. The average molecular weight is 242 g/mol. The minimum Gasteiger partial charge on any atom is -0.488 e. The van der Waals surface area contributed by atoms with Gasteiger partial charge in [0.05, 0.1) is 18.0 Å². The molecule has 1 aliphatic carbocycles. The summed E-state index contributed by atoms with van der Waals surface area (Å²) in [6.45, 7) is 0. The molecule has 0 unspecified atom stereocenters. The third kappa shape index (κ3) is 3.03. The summed E-state index contributed by atoms with van der Waals surface area (Å²) in [6, 6.07) is 4.87. The maximum Gasteiger partial charge on any atom is 0.229 e. The van der Waals surface area contributed by atoms with Crippen LogP contribution in [0, 0.1) is 0 Å². The summed E-state index contributed by atoms with van der Waals surface area (Å²) in [6.07, 6.45) is 3.31. The second-order valence-electron chi connectivity index (χ2n) is 3.95. The highest BCUT2D eigenvalue weighted by molar-refractivity contribution is 7.92. The molecule has 0 saturated heterocycles. The Bertz CT molecular complexity index is 495. The number of hydrogen-bond donors (Lipinski definition) is 2. The molecule has 0 radical (unpaired) electrons. The second-order valence-corrected chi connectivity index (χ2v) is 5.70. The Kier molecular flexibility index (Phi) is 2.67. The van der Waals surface area contributed by atoms with Crippen LogP contribution < -0.4 is 15.2 Å². The summed E-state index contributed by atoms with van der Waals surface area (Å²) >= 11 is 0. The standard InChI is InChI=1S/C10H14N2O3S/c1-16(13,14)12-9-5-2-7(11)6-10(9)15-8-3-4-8/h2,5-6,8,12H,3-4,11H2,1H3. The van der Waals surface area contributed by atoms with Crippen molar-refractivity contribution in [2.45, 2.75) is 18.9 Å². The number of nitrogen functional groups attached to an aromatic ring is 1. The molecular weight excluding hydrogens is 228 g/mol. The van der Waals surface area contributed by atoms with Gasteiger partial charge >= 0.3 is 0 Å². The van der Waals surface area contributed by atoms with Crippen LogP contribution >= 0.6 is 0 Å². The van der Waals surface area contributed by atoms with Gasteiger partial charge in [0.2, 0.25) is 10.0 Å². The molecule has 0 amide bonds. The van der Waals surface area contributed by atoms with Crippen LogP contribution in [0.3, 0.4) is 0 Å². The summed E-state index contributed by atoms with van der Waals surface area (Å²) in [5.41, 5.74) is 6.61. The first-order valence-electron chi connectivity index (χ1n) is 4.98. The summed E-state index contributed by atoms with van der Waals surface area (Å²) in [4.78, 5) is 0. The van der Waals surface area contributed by atoms with Crippen LogP contribution in [0.25, 0.3) is 0 Å². The molecule has 0 bridgehead atoms. The maximum atomic E-state index is 11.1. The van der Waals surface area contributed by atoms with Crippen molar-refractivity contribution in [3.63, 3.8) is 0 Å². The normalized spacial score (nSPS) is 15.8. The molecule has 1 aliphatic rings. The lowest BCUT2D eigenvalue weighted by atomic mass is 10.2. The van der Waals surface area contributed by atoms with Crippen molar-refractivity contribution in [3.8, 4) is 5.75 Å². The zero-order chi connectivity index (χ0) is 11.8. The SMILES string of the molecule is CS(=O)(=O)Nc1ccc(N)cc1OC1CC1. The van der Waals surface area contributed by atoms with Crippen molar-refractivity contribution in [2.75, 3.05) is 16.7 Å². The number of hydrogen-bond acceptors (Lipinski definition) is 4. The van der Waals surface area contributed by atoms with E-state index in [9.17, 15) is 8.42 Å². The van der Waals surface area contributed by atoms with Crippen molar-refractivity contribution < 1.29 is 13.2 Å². The molecule has 1 aromatic carbocycles. The Balaban J connectivity index is 2.27. The largest absolute Gasteiger partial charge is 0.488 e. The predicted octanol–water partition coefficient (Wildman–Crippen LogP) is 1.18. The third-order valence-electron chi connectivity index (χ3n) is 2.12. The van der Waals surface area contributed by atoms with E-state index in [4.69, 9.17) is 10.5 Å². The number of nitrogens with one attached hydrogen (secondary N) is 1. The Morgan fingerprint density at radius 3 is 2.69 bits per heavy atom. The predicted molar refractivity (Wildman–Crippen MR) is 63.0 cm³/mol. The van der Waals surface area contributed by atoms with Gasteiger partial charge in [0.1, 0.15) is 5.75 Å². The highest BCUT2D eigenvalue weighted by Crippen LogP contribution is 2.33. The molecule has 16 heavy (non-hydrogen) atoms. The third-order valence-corrected chi connectivity index (χ3v) is 2.71. The van der Waals surface area contributed by atoms with Crippen LogP contribution in [0.4, 0.5) is 11.4 Å². The van der Waals surface area contributed by atoms with Crippen molar-refractivity contribution in [1.82, 2.24) is 0 Å². The first-order chi connectivity index (χ1) is 7.44. The lowest BCUT2D eigenvalue weighted by Crippen LogP contribution is -2.11. The summed E-state index contributed by atoms with van der Waals surface area (Å²) in [5, 5.41) is 0. The van der Waals surface area contributed by atoms with Gasteiger partial charge in [-0.2, -0.15) is 0 Å². The molecule has 1 fully saturated rings. The number of nitrogens with two attached hydrogens (primary N) is 1. The van der Waals surface area contributed by atoms with Crippen LogP contribution in [0.1, 0.15) is 12.8 Å². The first kappa shape index (κ1) is 11.1. The summed E-state index contributed by atoms with van der Waals surface area (Å²) in [5.74, 6) is 0.493. The first-order valence-corrected chi connectivity index (χ1v) is 6.87. The van der Waals surface area contributed by atoms with E-state index >= 15 is 0 Å². The molecule has 5 nitrogen and oxygen atoms in total. The molecule has 3 N–H and O–H groups in total. The minimum absolute atomic E-state index is 0.196. The highest BCUT2D eigenvalue weighted by Gasteiger charge is 2.25. The Labute approximate surface area is 94.6 Å². The topological polar surface area (TPSA) is 81.4 Å². The van der Waals surface area contributed by atoms with E-state index in [-0.39, 0.29) is 6.10 Å². The van der Waals surface area contributed by atoms with E-state index < -0.39 is 10.0 Å². The van der Waals surface area contributed by atoms with E-state index in [2.05, 4.69) is 4.72 Å². The molecule has 1 saturated carbocycles. The van der Waals surface area contributed by atoms with Gasteiger partial charge in [-0.25, -0.2) is 8.42 Å². The zero-order valence-corrected chi connectivity index (χ0v) is 9.75. The Hall–Kier alpha value is -1.43. The summed E-state index contributed by atoms with van der Waals surface area (Å²) < 4.78 is 30.3. The van der Waals surface area contributed by atoms with Crippen LogP contribution in [0.2, 0.25) is 0 Å². The summed E-state index contributed by atoms with van der Waals surface area (Å²) in [7, 11) is -3.30. The maximum absolute atomic E-state index is 11.1. The number of ether oxygens (including phenoxy) is 1. The van der Waals surface area contributed by atoms with E-state index in [1.165, 1.54) is 0 Å². The Morgan fingerprint density at radius 1 is 1.44 bits per heavy atom. The molecule has 0 atom stereocenters. The van der Waals surface area contributed by atoms with Crippen molar-refractivity contribution >= 4 is 21.4 Å². The fourth-order valence-corrected chi connectivity index (χ4v) is 1.85. The van der Waals surface area contributed by atoms with Crippen molar-refractivity contribution in [1.29, 1.82) is 0 Å². The fourth-order valence-electron chi connectivity index (χ4n) is 1.29. The highest BCUT2D eigenvalue weighted by atomic mass is 32.2. The van der Waals surface area contributed by atoms with E-state index in [0.717, 1.165) is 19.1 Å². The lowest BCUT2D eigenvalue weighted by molar-refractivity contribution is 0.305. The molecule has 6 heteroatoms. The van der Waals surface area contributed by atoms with Gasteiger partial charge in [0.25, 0.3) is 0 Å². The van der Waals surface area contributed by atoms with E-state index in [1.54, 1.807) is 18.2 Å². The molecular formula is C10H14N2O3S. The number of benzene rings is 1. The molecule has 2 rings (SSSR count). The molecule has 0 aliphatic heterocycles. The lowest BCUT2D eigenvalue weighted by Gasteiger charge is -2.12. The minimum atomic E-state index is -3.30. The van der Waals surface area contributed by atoms with Gasteiger partial charge in [0.15, 0.2) is 0 Å². The van der Waals surface area contributed by atoms with Crippen molar-refractivity contribution in [2.24, 2.45) is 0 Å². The molecule has 0 aromatic heterocycles. The zero-order valence-electron chi connectivity index (χ0n) is 8.93. The smallest absolute Gasteiger partial charge is 0.229 e. The van der Waals surface area contributed by atoms with E-state index in [1.807, 2.05) is 0 Å². The van der Waals surface area contributed by atoms with Gasteiger partial charge in [-0.3, -0.25) is 4.72 Å². The van der Waals surface area contributed by atoms with Gasteiger partial charge in [-0.1, -0.05) is 0 Å².